The number of hydrogen-bond acceptors (Lipinski definition) is 2. The maximum atomic E-state index is 12.0. The molecule has 1 aromatic heterocycles. The fraction of sp³-hybridized carbons (Fsp3) is 0.545. The highest BCUT2D eigenvalue weighted by Gasteiger charge is 2.37. The van der Waals surface area contributed by atoms with Crippen LogP contribution in [0.5, 0.6) is 0 Å². The summed E-state index contributed by atoms with van der Waals surface area (Å²) in [4.78, 5) is 18.7. The zero-order chi connectivity index (χ0) is 11.7. The molecule has 2 amide bonds. The summed E-state index contributed by atoms with van der Waals surface area (Å²) >= 11 is 0. The first-order chi connectivity index (χ1) is 7.65. The van der Waals surface area contributed by atoms with Gasteiger partial charge in [-0.15, -0.1) is 0 Å². The molecular weight excluding hydrogens is 204 g/mol. The molecule has 0 saturated carbocycles. The summed E-state index contributed by atoms with van der Waals surface area (Å²) < 4.78 is 0. The SMILES string of the molecule is CC(CN)N1CC(c2ccc[nH]2)N(C)C1=O. The number of nitrogens with two attached hydrogens (primary N) is 1. The molecule has 16 heavy (non-hydrogen) atoms. The number of aromatic amines is 1. The Balaban J connectivity index is 2.17. The monoisotopic (exact) mass is 222 g/mol. The second-order valence-corrected chi connectivity index (χ2v) is 4.27. The van der Waals surface area contributed by atoms with Crippen molar-refractivity contribution in [1.82, 2.24) is 14.8 Å². The van der Waals surface area contributed by atoms with Crippen molar-refractivity contribution in [2.75, 3.05) is 20.1 Å². The van der Waals surface area contributed by atoms with Crippen molar-refractivity contribution in [2.45, 2.75) is 19.0 Å². The molecule has 3 N–H and O–H groups in total. The number of rotatable bonds is 3. The van der Waals surface area contributed by atoms with E-state index in [1.54, 1.807) is 4.90 Å². The second-order valence-electron chi connectivity index (χ2n) is 4.27. The molecule has 0 aromatic carbocycles. The smallest absolute Gasteiger partial charge is 0.320 e. The van der Waals surface area contributed by atoms with Crippen LogP contribution in [0.15, 0.2) is 18.3 Å². The van der Waals surface area contributed by atoms with Gasteiger partial charge in [0.25, 0.3) is 0 Å². The van der Waals surface area contributed by atoms with Crippen LogP contribution in [-0.4, -0.2) is 47.0 Å². The summed E-state index contributed by atoms with van der Waals surface area (Å²) in [6, 6.07) is 4.21. The zero-order valence-electron chi connectivity index (χ0n) is 9.68. The van der Waals surface area contributed by atoms with Gasteiger partial charge in [0.05, 0.1) is 6.04 Å². The van der Waals surface area contributed by atoms with Gasteiger partial charge in [-0.2, -0.15) is 0 Å². The summed E-state index contributed by atoms with van der Waals surface area (Å²) in [7, 11) is 1.83. The molecule has 5 nitrogen and oxygen atoms in total. The lowest BCUT2D eigenvalue weighted by molar-refractivity contribution is 0.185. The fourth-order valence-corrected chi connectivity index (χ4v) is 2.08. The lowest BCUT2D eigenvalue weighted by atomic mass is 10.2. The second kappa shape index (κ2) is 4.17. The summed E-state index contributed by atoms with van der Waals surface area (Å²) in [6.45, 7) is 3.17. The fourth-order valence-electron chi connectivity index (χ4n) is 2.08. The van der Waals surface area contributed by atoms with Crippen molar-refractivity contribution >= 4 is 6.03 Å². The zero-order valence-corrected chi connectivity index (χ0v) is 9.68. The molecule has 1 aliphatic rings. The number of nitrogens with one attached hydrogen (secondary N) is 1. The topological polar surface area (TPSA) is 65.4 Å². The van der Waals surface area contributed by atoms with Gasteiger partial charge in [0.1, 0.15) is 0 Å². The Bertz CT molecular complexity index is 362. The van der Waals surface area contributed by atoms with Gasteiger partial charge in [0.15, 0.2) is 0 Å². The van der Waals surface area contributed by atoms with Gasteiger partial charge >= 0.3 is 6.03 Å². The van der Waals surface area contributed by atoms with E-state index in [1.807, 2.05) is 37.2 Å². The van der Waals surface area contributed by atoms with Crippen LogP contribution in [0.25, 0.3) is 0 Å². The van der Waals surface area contributed by atoms with Crippen molar-refractivity contribution in [3.05, 3.63) is 24.0 Å². The van der Waals surface area contributed by atoms with Gasteiger partial charge in [-0.25, -0.2) is 4.79 Å². The number of carbonyl (C=O) groups is 1. The van der Waals surface area contributed by atoms with Crippen LogP contribution in [0.3, 0.4) is 0 Å². The van der Waals surface area contributed by atoms with E-state index in [0.29, 0.717) is 13.1 Å². The van der Waals surface area contributed by atoms with E-state index >= 15 is 0 Å². The summed E-state index contributed by atoms with van der Waals surface area (Å²) in [5, 5.41) is 0. The third kappa shape index (κ3) is 1.67. The third-order valence-corrected chi connectivity index (χ3v) is 3.24. The Labute approximate surface area is 95.2 Å². The largest absolute Gasteiger partial charge is 0.363 e. The van der Waals surface area contributed by atoms with Crippen molar-refractivity contribution in [1.29, 1.82) is 0 Å². The lowest BCUT2D eigenvalue weighted by Crippen LogP contribution is -2.40. The number of likely N-dealkylation sites (N-methyl/N-ethyl adjacent to an activating group) is 1. The first-order valence-electron chi connectivity index (χ1n) is 5.52. The number of H-pyrrole nitrogens is 1. The molecule has 1 saturated heterocycles. The Morgan fingerprint density at radius 1 is 1.69 bits per heavy atom. The van der Waals surface area contributed by atoms with E-state index < -0.39 is 0 Å². The number of amides is 2. The average molecular weight is 222 g/mol. The molecule has 2 rings (SSSR count). The maximum absolute atomic E-state index is 12.0. The highest BCUT2D eigenvalue weighted by Crippen LogP contribution is 2.27. The molecular formula is C11H18N4O. The normalized spacial score (nSPS) is 22.9. The minimum atomic E-state index is 0.0533. The van der Waals surface area contributed by atoms with E-state index in [2.05, 4.69) is 4.98 Å². The Hall–Kier alpha value is -1.49. The Morgan fingerprint density at radius 3 is 3.00 bits per heavy atom. The average Bonchev–Trinajstić information content (AvgIpc) is 2.89. The van der Waals surface area contributed by atoms with E-state index in [-0.39, 0.29) is 18.1 Å². The van der Waals surface area contributed by atoms with Crippen LogP contribution in [0.2, 0.25) is 0 Å². The quantitative estimate of drug-likeness (QED) is 0.793. The van der Waals surface area contributed by atoms with E-state index in [1.165, 1.54) is 0 Å². The van der Waals surface area contributed by atoms with Crippen molar-refractivity contribution < 1.29 is 4.79 Å². The molecule has 5 heteroatoms. The predicted octanol–water partition coefficient (Wildman–Crippen LogP) is 0.770. The minimum absolute atomic E-state index is 0.0533. The van der Waals surface area contributed by atoms with Crippen LogP contribution in [0.4, 0.5) is 4.79 Å². The summed E-state index contributed by atoms with van der Waals surface area (Å²) in [5.74, 6) is 0. The minimum Gasteiger partial charge on any atom is -0.363 e. The van der Waals surface area contributed by atoms with E-state index in [4.69, 9.17) is 5.73 Å². The van der Waals surface area contributed by atoms with Crippen LogP contribution >= 0.6 is 0 Å². The molecule has 2 heterocycles. The van der Waals surface area contributed by atoms with Gasteiger partial charge in [-0.1, -0.05) is 0 Å². The predicted molar refractivity (Wildman–Crippen MR) is 61.9 cm³/mol. The molecule has 0 spiro atoms. The number of aromatic nitrogens is 1. The van der Waals surface area contributed by atoms with E-state index in [9.17, 15) is 4.79 Å². The van der Waals surface area contributed by atoms with Crippen molar-refractivity contribution in [2.24, 2.45) is 5.73 Å². The summed E-state index contributed by atoms with van der Waals surface area (Å²) in [6.07, 6.45) is 1.88. The van der Waals surface area contributed by atoms with Crippen LogP contribution < -0.4 is 5.73 Å². The van der Waals surface area contributed by atoms with Gasteiger partial charge in [-0.05, 0) is 19.1 Å². The maximum Gasteiger partial charge on any atom is 0.320 e. The number of urea groups is 1. The summed E-state index contributed by atoms with van der Waals surface area (Å²) in [5.41, 5.74) is 6.68. The number of carbonyl (C=O) groups excluding carboxylic acids is 1. The van der Waals surface area contributed by atoms with Crippen molar-refractivity contribution in [3.8, 4) is 0 Å². The third-order valence-electron chi connectivity index (χ3n) is 3.24. The first-order valence-corrected chi connectivity index (χ1v) is 5.52. The molecule has 0 radical (unpaired) electrons. The van der Waals surface area contributed by atoms with Crippen LogP contribution in [0.1, 0.15) is 18.7 Å². The standard InChI is InChI=1S/C11H18N4O/c1-8(6-12)15-7-10(14(2)11(15)16)9-4-3-5-13-9/h3-5,8,10,13H,6-7,12H2,1-2H3. The first kappa shape index (κ1) is 11.0. The Morgan fingerprint density at radius 2 is 2.44 bits per heavy atom. The lowest BCUT2D eigenvalue weighted by Gasteiger charge is -2.21. The molecule has 1 aromatic rings. The molecule has 88 valence electrons. The van der Waals surface area contributed by atoms with Crippen LogP contribution in [0, 0.1) is 0 Å². The van der Waals surface area contributed by atoms with Gasteiger partial charge < -0.3 is 20.5 Å². The highest BCUT2D eigenvalue weighted by atomic mass is 16.2. The molecule has 1 aliphatic heterocycles. The van der Waals surface area contributed by atoms with E-state index in [0.717, 1.165) is 5.69 Å². The molecule has 2 atom stereocenters. The molecule has 0 bridgehead atoms. The van der Waals surface area contributed by atoms with Gasteiger partial charge in [0, 0.05) is 38.1 Å². The molecule has 1 fully saturated rings. The van der Waals surface area contributed by atoms with Gasteiger partial charge in [-0.3, -0.25) is 0 Å². The Kier molecular flexibility index (Phi) is 2.87. The highest BCUT2D eigenvalue weighted by molar-refractivity contribution is 5.77. The van der Waals surface area contributed by atoms with Crippen molar-refractivity contribution in [3.63, 3.8) is 0 Å². The van der Waals surface area contributed by atoms with Crippen LogP contribution in [-0.2, 0) is 0 Å². The molecule has 0 aliphatic carbocycles. The number of nitrogens with zero attached hydrogens (tertiary/aromatic N) is 2. The molecule has 2 unspecified atom stereocenters. The van der Waals surface area contributed by atoms with Gasteiger partial charge in [0.2, 0.25) is 0 Å². The number of hydrogen-bond donors (Lipinski definition) is 2.